The first-order valence-corrected chi connectivity index (χ1v) is 10.7. The topological polar surface area (TPSA) is 95.0 Å². The molecule has 1 unspecified atom stereocenters. The minimum Gasteiger partial charge on any atom is -0.407 e. The second-order valence-electron chi connectivity index (χ2n) is 8.17. The van der Waals surface area contributed by atoms with Gasteiger partial charge >= 0.3 is 5.76 Å². The summed E-state index contributed by atoms with van der Waals surface area (Å²) >= 11 is 6.28. The first kappa shape index (κ1) is 21.4. The van der Waals surface area contributed by atoms with Gasteiger partial charge in [0.2, 0.25) is 0 Å². The number of nitrogens with one attached hydrogen (secondary N) is 2. The molecule has 0 saturated heterocycles. The van der Waals surface area contributed by atoms with Crippen LogP contribution >= 0.6 is 11.6 Å². The Kier molecular flexibility index (Phi) is 4.89. The van der Waals surface area contributed by atoms with Gasteiger partial charge < -0.3 is 9.32 Å². The second kappa shape index (κ2) is 7.55. The van der Waals surface area contributed by atoms with E-state index in [1.807, 2.05) is 13.0 Å². The number of benzene rings is 2. The van der Waals surface area contributed by atoms with Gasteiger partial charge in [-0.2, -0.15) is 5.10 Å². The zero-order valence-corrected chi connectivity index (χ0v) is 18.5. The highest BCUT2D eigenvalue weighted by Gasteiger charge is 2.45. The van der Waals surface area contributed by atoms with Gasteiger partial charge in [0.05, 0.1) is 18.1 Å². The molecular formula is C23H19ClF2N4O3. The first-order valence-electron chi connectivity index (χ1n) is 10.4. The van der Waals surface area contributed by atoms with E-state index < -0.39 is 30.2 Å². The van der Waals surface area contributed by atoms with Gasteiger partial charge in [0.15, 0.2) is 5.58 Å². The summed E-state index contributed by atoms with van der Waals surface area (Å²) in [5.41, 5.74) is 3.61. The summed E-state index contributed by atoms with van der Waals surface area (Å²) < 4.78 is 33.5. The predicted octanol–water partition coefficient (Wildman–Crippen LogP) is 4.93. The lowest BCUT2D eigenvalue weighted by atomic mass is 9.94. The molecule has 33 heavy (non-hydrogen) atoms. The number of oxazole rings is 1. The van der Waals surface area contributed by atoms with E-state index in [1.54, 1.807) is 30.3 Å². The molecule has 3 heterocycles. The van der Waals surface area contributed by atoms with Crippen LogP contribution in [0, 0.1) is 0 Å². The highest BCUT2D eigenvalue weighted by Crippen LogP contribution is 2.45. The normalized spacial score (nSPS) is 16.1. The zero-order valence-electron chi connectivity index (χ0n) is 17.7. The van der Waals surface area contributed by atoms with Crippen molar-refractivity contribution >= 4 is 28.6 Å². The van der Waals surface area contributed by atoms with E-state index in [9.17, 15) is 18.4 Å². The number of fused-ring (bicyclic) bond motifs is 2. The molecule has 0 aliphatic carbocycles. The lowest BCUT2D eigenvalue weighted by Gasteiger charge is -2.29. The fourth-order valence-electron chi connectivity index (χ4n) is 4.41. The van der Waals surface area contributed by atoms with Crippen LogP contribution in [0.25, 0.3) is 22.4 Å². The number of aromatic nitrogens is 3. The Morgan fingerprint density at radius 1 is 1.24 bits per heavy atom. The van der Waals surface area contributed by atoms with Crippen LogP contribution in [0.4, 0.5) is 8.78 Å². The molecule has 0 radical (unpaired) electrons. The molecule has 1 aliphatic heterocycles. The van der Waals surface area contributed by atoms with Gasteiger partial charge in [-0.3, -0.25) is 14.9 Å². The number of carbonyl (C=O) groups excluding carboxylic acids is 1. The fourth-order valence-corrected chi connectivity index (χ4v) is 4.66. The second-order valence-corrected chi connectivity index (χ2v) is 8.58. The van der Waals surface area contributed by atoms with E-state index in [0.717, 1.165) is 17.4 Å². The molecule has 2 aromatic heterocycles. The van der Waals surface area contributed by atoms with Gasteiger partial charge in [-0.05, 0) is 35.7 Å². The highest BCUT2D eigenvalue weighted by molar-refractivity contribution is 6.31. The minimum absolute atomic E-state index is 0.127. The third-order valence-corrected chi connectivity index (χ3v) is 6.15. The quantitative estimate of drug-likeness (QED) is 0.430. The molecule has 0 saturated carbocycles. The maximum absolute atomic E-state index is 14.1. The molecule has 4 aromatic rings. The average molecular weight is 473 g/mol. The Morgan fingerprint density at radius 3 is 2.76 bits per heavy atom. The van der Waals surface area contributed by atoms with E-state index >= 15 is 0 Å². The third kappa shape index (κ3) is 3.52. The molecule has 170 valence electrons. The average Bonchev–Trinajstić information content (AvgIpc) is 3.41. The van der Waals surface area contributed by atoms with Crippen molar-refractivity contribution in [1.82, 2.24) is 20.1 Å². The Bertz CT molecular complexity index is 1450. The van der Waals surface area contributed by atoms with Crippen LogP contribution in [-0.4, -0.2) is 38.5 Å². The van der Waals surface area contributed by atoms with E-state index in [-0.39, 0.29) is 11.3 Å². The van der Waals surface area contributed by atoms with Crippen molar-refractivity contribution < 1.29 is 18.0 Å². The van der Waals surface area contributed by atoms with Gasteiger partial charge in [0.25, 0.3) is 11.8 Å². The lowest BCUT2D eigenvalue weighted by molar-refractivity contribution is -0.0148. The Hall–Kier alpha value is -3.46. The number of alkyl halides is 2. The standard InChI is InChI=1S/C23H19ClF2N4O3/c1-3-11-9-12(7-8-14(11)24)19-16-17(13-5-4-6-15-20(13)33-22(32)27-15)28-29-18(16)21(31)30(19)10-23(2,25)26/h4-9,19H,3,10H2,1-2H3,(H,27,32)(H,28,29). The Labute approximate surface area is 191 Å². The molecule has 5 rings (SSSR count). The summed E-state index contributed by atoms with van der Waals surface area (Å²) in [7, 11) is 0. The molecule has 2 N–H and O–H groups in total. The molecule has 10 heteroatoms. The third-order valence-electron chi connectivity index (χ3n) is 5.78. The van der Waals surface area contributed by atoms with Crippen molar-refractivity contribution in [2.24, 2.45) is 0 Å². The summed E-state index contributed by atoms with van der Waals surface area (Å²) in [5, 5.41) is 7.60. The van der Waals surface area contributed by atoms with Crippen LogP contribution in [0.1, 0.15) is 47.1 Å². The van der Waals surface area contributed by atoms with Gasteiger partial charge in [0, 0.05) is 23.1 Å². The lowest BCUT2D eigenvalue weighted by Crippen LogP contribution is -2.38. The van der Waals surface area contributed by atoms with Crippen molar-refractivity contribution in [3.05, 3.63) is 74.4 Å². The van der Waals surface area contributed by atoms with Crippen LogP contribution in [0.3, 0.4) is 0 Å². The molecule has 2 aromatic carbocycles. The maximum Gasteiger partial charge on any atom is 0.417 e. The van der Waals surface area contributed by atoms with Crippen molar-refractivity contribution in [2.75, 3.05) is 6.54 Å². The van der Waals surface area contributed by atoms with E-state index in [2.05, 4.69) is 15.2 Å². The highest BCUT2D eigenvalue weighted by atomic mass is 35.5. The Balaban J connectivity index is 1.75. The van der Waals surface area contributed by atoms with E-state index in [4.69, 9.17) is 16.0 Å². The van der Waals surface area contributed by atoms with Gasteiger partial charge in [0.1, 0.15) is 11.4 Å². The molecule has 0 bridgehead atoms. The number of hydrogen-bond acceptors (Lipinski definition) is 4. The molecule has 1 amide bonds. The molecule has 0 fully saturated rings. The van der Waals surface area contributed by atoms with Gasteiger partial charge in [-0.15, -0.1) is 0 Å². The zero-order chi connectivity index (χ0) is 23.5. The number of nitrogens with zero attached hydrogens (tertiary/aromatic N) is 2. The first-order chi connectivity index (χ1) is 15.7. The van der Waals surface area contributed by atoms with Crippen molar-refractivity contribution in [3.8, 4) is 11.3 Å². The molecule has 7 nitrogen and oxygen atoms in total. The largest absolute Gasteiger partial charge is 0.417 e. The molecular weight excluding hydrogens is 454 g/mol. The monoisotopic (exact) mass is 472 g/mol. The number of aryl methyl sites for hydroxylation is 1. The van der Waals surface area contributed by atoms with Crippen LogP contribution in [0.15, 0.2) is 45.6 Å². The van der Waals surface area contributed by atoms with Crippen LogP contribution in [0.2, 0.25) is 5.02 Å². The summed E-state index contributed by atoms with van der Waals surface area (Å²) in [6, 6.07) is 9.52. The van der Waals surface area contributed by atoms with E-state index in [0.29, 0.717) is 39.3 Å². The predicted molar refractivity (Wildman–Crippen MR) is 119 cm³/mol. The number of para-hydroxylation sites is 1. The Morgan fingerprint density at radius 2 is 2.03 bits per heavy atom. The van der Waals surface area contributed by atoms with Gasteiger partial charge in [-0.1, -0.05) is 36.7 Å². The van der Waals surface area contributed by atoms with Crippen molar-refractivity contribution in [1.29, 1.82) is 0 Å². The number of hydrogen-bond donors (Lipinski definition) is 2. The summed E-state index contributed by atoms with van der Waals surface area (Å²) in [4.78, 5) is 28.7. The van der Waals surface area contributed by atoms with Crippen LogP contribution < -0.4 is 5.76 Å². The molecule has 1 aliphatic rings. The number of amides is 1. The van der Waals surface area contributed by atoms with Gasteiger partial charge in [-0.25, -0.2) is 13.6 Å². The van der Waals surface area contributed by atoms with Crippen molar-refractivity contribution in [3.63, 3.8) is 0 Å². The molecule has 0 spiro atoms. The van der Waals surface area contributed by atoms with Crippen LogP contribution in [0.5, 0.6) is 0 Å². The number of rotatable bonds is 5. The summed E-state index contributed by atoms with van der Waals surface area (Å²) in [5.74, 6) is -4.32. The number of carbonyl (C=O) groups is 1. The SMILES string of the molecule is CCc1cc(C2c3c(-c4cccc5[nH]c(=O)oc45)n[nH]c3C(=O)N2CC(C)(F)F)ccc1Cl. The summed E-state index contributed by atoms with van der Waals surface area (Å²) in [6.07, 6.45) is 0.635. The fraction of sp³-hybridized carbons (Fsp3) is 0.261. The molecule has 1 atom stereocenters. The number of H-pyrrole nitrogens is 2. The maximum atomic E-state index is 14.1. The number of halogens is 3. The smallest absolute Gasteiger partial charge is 0.407 e. The number of aromatic amines is 2. The van der Waals surface area contributed by atoms with Crippen molar-refractivity contribution in [2.45, 2.75) is 32.2 Å². The summed E-state index contributed by atoms with van der Waals surface area (Å²) in [6.45, 7) is 1.94. The van der Waals surface area contributed by atoms with Crippen LogP contribution in [-0.2, 0) is 6.42 Å². The van der Waals surface area contributed by atoms with E-state index in [1.165, 1.54) is 0 Å². The minimum atomic E-state index is -3.11.